The lowest BCUT2D eigenvalue weighted by atomic mass is 9.94. The van der Waals surface area contributed by atoms with E-state index in [2.05, 4.69) is 45.9 Å². The Balaban J connectivity index is 1.39. The van der Waals surface area contributed by atoms with E-state index in [1.807, 2.05) is 6.07 Å². The molecule has 0 aliphatic carbocycles. The lowest BCUT2D eigenvalue weighted by molar-refractivity contribution is 0.141. The normalized spacial score (nSPS) is 21.8. The van der Waals surface area contributed by atoms with Crippen LogP contribution in [0.25, 0.3) is 16.6 Å². The zero-order valence-corrected chi connectivity index (χ0v) is 21.0. The van der Waals surface area contributed by atoms with Gasteiger partial charge in [0.05, 0.1) is 42.1 Å². The number of nitrogens with one attached hydrogen (secondary N) is 1. The van der Waals surface area contributed by atoms with Crippen molar-refractivity contribution in [3.8, 4) is 11.5 Å². The van der Waals surface area contributed by atoms with Crippen LogP contribution in [0.3, 0.4) is 0 Å². The van der Waals surface area contributed by atoms with E-state index < -0.39 is 0 Å². The molecule has 2 aromatic rings. The second kappa shape index (κ2) is 8.50. The molecule has 7 rings (SSSR count). The highest BCUT2D eigenvalue weighted by molar-refractivity contribution is 5.90. The number of hydrogen-bond donors (Lipinski definition) is 1. The predicted octanol–water partition coefficient (Wildman–Crippen LogP) is 2.84. The van der Waals surface area contributed by atoms with Crippen LogP contribution in [0.1, 0.15) is 30.2 Å². The molecule has 0 spiro atoms. The van der Waals surface area contributed by atoms with E-state index in [0.29, 0.717) is 39.5 Å². The second-order valence-electron chi connectivity index (χ2n) is 10.4. The molecule has 1 saturated heterocycles. The van der Waals surface area contributed by atoms with Crippen molar-refractivity contribution in [3.05, 3.63) is 62.1 Å². The Labute approximate surface area is 210 Å². The monoisotopic (exact) mass is 488 g/mol. The third-order valence-corrected chi connectivity index (χ3v) is 8.15. The van der Waals surface area contributed by atoms with Crippen LogP contribution in [0.2, 0.25) is 0 Å². The summed E-state index contributed by atoms with van der Waals surface area (Å²) in [6.07, 6.45) is 5.37. The maximum Gasteiger partial charge on any atom is 0.195 e. The summed E-state index contributed by atoms with van der Waals surface area (Å²) < 4.78 is 17.9. The van der Waals surface area contributed by atoms with Gasteiger partial charge in [-0.3, -0.25) is 9.69 Å². The first kappa shape index (κ1) is 22.2. The standard InChI is InChI=1S/C28H32N4O4/c1-3-17-15-34-16-18-12-32-14-21-26(23(32)10-19(17)18)29-22-11-24-28(36-9-8-35-24)20(25(22)27(21)33)13-31-6-4-30(2)5-7-31/h10-12H,3-9,13-16H2,1-2H3,(H,29,33). The zero-order chi connectivity index (χ0) is 24.4. The van der Waals surface area contributed by atoms with Gasteiger partial charge in [-0.05, 0) is 30.7 Å². The topological polar surface area (TPSA) is 70.3 Å². The number of benzene rings is 1. The van der Waals surface area contributed by atoms with E-state index >= 15 is 0 Å². The first-order chi connectivity index (χ1) is 17.6. The first-order valence-corrected chi connectivity index (χ1v) is 13.0. The number of aromatic amines is 1. The average Bonchev–Trinajstić information content (AvgIpc) is 3.26. The van der Waals surface area contributed by atoms with E-state index in [1.54, 1.807) is 0 Å². The Hall–Kier alpha value is -3.07. The molecule has 36 heavy (non-hydrogen) atoms. The van der Waals surface area contributed by atoms with Crippen molar-refractivity contribution in [2.24, 2.45) is 0 Å². The van der Waals surface area contributed by atoms with Crippen LogP contribution in [0, 0.1) is 0 Å². The number of piperazine rings is 1. The van der Waals surface area contributed by atoms with Crippen molar-refractivity contribution in [1.82, 2.24) is 19.7 Å². The predicted molar refractivity (Wildman–Crippen MR) is 138 cm³/mol. The van der Waals surface area contributed by atoms with Crippen molar-refractivity contribution >= 4 is 16.6 Å². The molecule has 0 atom stereocenters. The Morgan fingerprint density at radius 3 is 2.75 bits per heavy atom. The van der Waals surface area contributed by atoms with Crippen molar-refractivity contribution in [2.75, 3.05) is 59.7 Å². The van der Waals surface area contributed by atoms with Crippen molar-refractivity contribution < 1.29 is 14.2 Å². The van der Waals surface area contributed by atoms with Gasteiger partial charge in [0.2, 0.25) is 0 Å². The molecule has 188 valence electrons. The summed E-state index contributed by atoms with van der Waals surface area (Å²) in [4.78, 5) is 24.7. The molecule has 1 aromatic heterocycles. The number of fused-ring (bicyclic) bond motifs is 6. The second-order valence-corrected chi connectivity index (χ2v) is 10.4. The summed E-state index contributed by atoms with van der Waals surface area (Å²) in [6, 6.07) is 1.96. The maximum absolute atomic E-state index is 14.1. The van der Waals surface area contributed by atoms with Gasteiger partial charge in [-0.1, -0.05) is 6.92 Å². The minimum absolute atomic E-state index is 0.0949. The van der Waals surface area contributed by atoms with E-state index in [4.69, 9.17) is 14.2 Å². The average molecular weight is 489 g/mol. The number of likely N-dealkylation sites (N-methyl/N-ethyl adjacent to an activating group) is 1. The highest BCUT2D eigenvalue weighted by Gasteiger charge is 2.34. The fourth-order valence-corrected chi connectivity index (χ4v) is 6.09. The van der Waals surface area contributed by atoms with Crippen LogP contribution in [-0.4, -0.2) is 79.3 Å². The Morgan fingerprint density at radius 2 is 1.92 bits per heavy atom. The lowest BCUT2D eigenvalue weighted by Gasteiger charge is -2.33. The van der Waals surface area contributed by atoms with Crippen LogP contribution < -0.4 is 14.9 Å². The van der Waals surface area contributed by atoms with Gasteiger partial charge >= 0.3 is 0 Å². The van der Waals surface area contributed by atoms with Crippen LogP contribution in [0.4, 0.5) is 0 Å². The summed E-state index contributed by atoms with van der Waals surface area (Å²) in [5.74, 6) is 1.46. The van der Waals surface area contributed by atoms with Crippen molar-refractivity contribution in [2.45, 2.75) is 26.4 Å². The zero-order valence-electron chi connectivity index (χ0n) is 21.0. The minimum atomic E-state index is 0.0949. The molecule has 0 radical (unpaired) electrons. The highest BCUT2D eigenvalue weighted by Crippen LogP contribution is 2.43. The molecule has 1 aromatic carbocycles. The number of pyridine rings is 1. The smallest absolute Gasteiger partial charge is 0.195 e. The van der Waals surface area contributed by atoms with Gasteiger partial charge in [0.25, 0.3) is 0 Å². The summed E-state index contributed by atoms with van der Waals surface area (Å²) in [5, 5.41) is 0.735. The van der Waals surface area contributed by atoms with E-state index in [9.17, 15) is 4.79 Å². The molecular weight excluding hydrogens is 456 g/mol. The number of nitrogens with zero attached hydrogens (tertiary/aromatic N) is 3. The largest absolute Gasteiger partial charge is 0.486 e. The third kappa shape index (κ3) is 3.43. The molecule has 8 nitrogen and oxygen atoms in total. The van der Waals surface area contributed by atoms with E-state index in [-0.39, 0.29) is 5.43 Å². The number of allylic oxidation sites excluding steroid dienone is 1. The number of ether oxygens (including phenoxy) is 3. The summed E-state index contributed by atoms with van der Waals surface area (Å²) in [7, 11) is 2.16. The number of H-pyrrole nitrogens is 1. The van der Waals surface area contributed by atoms with Crippen molar-refractivity contribution in [3.63, 3.8) is 0 Å². The first-order valence-electron chi connectivity index (χ1n) is 13.0. The SMILES string of the molecule is CCC1=C2C=C3c4[nH]c5cc6c(c(CN7CCN(C)CC7)c5c(=O)c4CN3C=C2COC1)OCCO6. The van der Waals surface area contributed by atoms with Crippen LogP contribution >= 0.6 is 0 Å². The third-order valence-electron chi connectivity index (χ3n) is 8.15. The minimum Gasteiger partial charge on any atom is -0.486 e. The van der Waals surface area contributed by atoms with E-state index in [0.717, 1.165) is 77.5 Å². The molecule has 8 heteroatoms. The van der Waals surface area contributed by atoms with Gasteiger partial charge in [-0.15, -0.1) is 0 Å². The lowest BCUT2D eigenvalue weighted by Crippen LogP contribution is -2.44. The maximum atomic E-state index is 14.1. The van der Waals surface area contributed by atoms with Gasteiger partial charge in [0.1, 0.15) is 13.2 Å². The van der Waals surface area contributed by atoms with Crippen molar-refractivity contribution in [1.29, 1.82) is 0 Å². The van der Waals surface area contributed by atoms with Gasteiger partial charge in [0.15, 0.2) is 16.9 Å². The molecule has 1 N–H and O–H groups in total. The number of aromatic nitrogens is 1. The number of rotatable bonds is 3. The quantitative estimate of drug-likeness (QED) is 0.713. The molecular formula is C28H32N4O4. The Morgan fingerprint density at radius 1 is 1.08 bits per heavy atom. The molecule has 1 fully saturated rings. The van der Waals surface area contributed by atoms with Gasteiger partial charge < -0.3 is 29.0 Å². The summed E-state index contributed by atoms with van der Waals surface area (Å²) in [6.45, 7) is 9.70. The van der Waals surface area contributed by atoms with Crippen LogP contribution in [-0.2, 0) is 17.8 Å². The van der Waals surface area contributed by atoms with Crippen LogP contribution in [0.15, 0.2) is 39.9 Å². The summed E-state index contributed by atoms with van der Waals surface area (Å²) >= 11 is 0. The molecule has 5 aliphatic heterocycles. The van der Waals surface area contributed by atoms with Crippen LogP contribution in [0.5, 0.6) is 11.5 Å². The number of hydrogen-bond acceptors (Lipinski definition) is 7. The van der Waals surface area contributed by atoms with E-state index in [1.165, 1.54) is 16.7 Å². The molecule has 0 unspecified atom stereocenters. The fourth-order valence-electron chi connectivity index (χ4n) is 6.09. The fraction of sp³-hybridized carbons (Fsp3) is 0.464. The Kier molecular flexibility index (Phi) is 5.23. The Bertz CT molecular complexity index is 1410. The van der Waals surface area contributed by atoms with Gasteiger partial charge in [0, 0.05) is 61.7 Å². The molecule has 0 bridgehead atoms. The molecule has 6 heterocycles. The van der Waals surface area contributed by atoms with Gasteiger partial charge in [-0.25, -0.2) is 0 Å². The molecule has 0 saturated carbocycles. The van der Waals surface area contributed by atoms with Gasteiger partial charge in [-0.2, -0.15) is 0 Å². The molecule has 5 aliphatic rings. The molecule has 0 amide bonds. The summed E-state index contributed by atoms with van der Waals surface area (Å²) in [5.41, 5.74) is 8.43. The highest BCUT2D eigenvalue weighted by atomic mass is 16.6.